The molecule has 23 heavy (non-hydrogen) atoms. The zero-order chi connectivity index (χ0) is 16.8. The quantitative estimate of drug-likeness (QED) is 0.634. The van der Waals surface area contributed by atoms with Crippen molar-refractivity contribution in [1.29, 1.82) is 0 Å². The number of hydrogen-bond donors (Lipinski definition) is 0. The van der Waals surface area contributed by atoms with Gasteiger partial charge in [0.15, 0.2) is 5.58 Å². The molecule has 0 unspecified atom stereocenters. The minimum atomic E-state index is 0.0971. The first-order chi connectivity index (χ1) is 10.8. The van der Waals surface area contributed by atoms with E-state index in [2.05, 4.69) is 46.8 Å². The molecule has 3 rings (SSSR count). The molecule has 1 aromatic heterocycles. The monoisotopic (exact) mass is 309 g/mol. The molecular formula is C20H23NO2. The van der Waals surface area contributed by atoms with E-state index >= 15 is 0 Å². The van der Waals surface area contributed by atoms with Crippen LogP contribution in [0.3, 0.4) is 0 Å². The Morgan fingerprint density at radius 2 is 1.74 bits per heavy atom. The van der Waals surface area contributed by atoms with E-state index in [1.54, 1.807) is 7.11 Å². The summed E-state index contributed by atoms with van der Waals surface area (Å²) in [6.07, 6.45) is 0. The van der Waals surface area contributed by atoms with Crippen molar-refractivity contribution in [3.05, 3.63) is 47.0 Å². The number of aromatic nitrogens is 1. The smallest absolute Gasteiger partial charge is 0.227 e. The van der Waals surface area contributed by atoms with E-state index < -0.39 is 0 Å². The lowest BCUT2D eigenvalue weighted by molar-refractivity contribution is 0.411. The van der Waals surface area contributed by atoms with Crippen LogP contribution in [0.4, 0.5) is 0 Å². The van der Waals surface area contributed by atoms with E-state index in [0.717, 1.165) is 33.5 Å². The fourth-order valence-electron chi connectivity index (χ4n) is 2.76. The Hall–Kier alpha value is -2.29. The lowest BCUT2D eigenvalue weighted by Gasteiger charge is -2.18. The van der Waals surface area contributed by atoms with Crippen molar-refractivity contribution in [3.8, 4) is 17.2 Å². The van der Waals surface area contributed by atoms with E-state index in [0.29, 0.717) is 5.89 Å². The Morgan fingerprint density at radius 1 is 1.00 bits per heavy atom. The highest BCUT2D eigenvalue weighted by atomic mass is 16.5. The van der Waals surface area contributed by atoms with Gasteiger partial charge in [-0.3, -0.25) is 0 Å². The van der Waals surface area contributed by atoms with Crippen molar-refractivity contribution in [2.45, 2.75) is 40.0 Å². The molecule has 0 aliphatic carbocycles. The van der Waals surface area contributed by atoms with Gasteiger partial charge in [-0.2, -0.15) is 0 Å². The molecule has 120 valence electrons. The Kier molecular flexibility index (Phi) is 3.67. The zero-order valence-corrected chi connectivity index (χ0v) is 14.7. The fraction of sp³-hybridized carbons (Fsp3) is 0.350. The van der Waals surface area contributed by atoms with E-state index in [9.17, 15) is 0 Å². The summed E-state index contributed by atoms with van der Waals surface area (Å²) in [5.41, 5.74) is 6.33. The van der Waals surface area contributed by atoms with Crippen LogP contribution in [0.2, 0.25) is 0 Å². The van der Waals surface area contributed by atoms with Crippen molar-refractivity contribution >= 4 is 11.1 Å². The SMILES string of the molecule is COc1ccc(-c2nc3cc(C(C)(C)C)ccc3o2)c(C)c1C. The van der Waals surface area contributed by atoms with Crippen molar-refractivity contribution in [2.75, 3.05) is 7.11 Å². The van der Waals surface area contributed by atoms with Gasteiger partial charge < -0.3 is 9.15 Å². The predicted octanol–water partition coefficient (Wildman–Crippen LogP) is 5.42. The number of oxazole rings is 1. The highest BCUT2D eigenvalue weighted by molar-refractivity contribution is 5.78. The van der Waals surface area contributed by atoms with Gasteiger partial charge in [-0.25, -0.2) is 4.98 Å². The first kappa shape index (κ1) is 15.6. The molecule has 0 bridgehead atoms. The molecule has 3 heteroatoms. The molecule has 0 radical (unpaired) electrons. The van der Waals surface area contributed by atoms with Gasteiger partial charge in [-0.1, -0.05) is 26.8 Å². The van der Waals surface area contributed by atoms with Gasteiger partial charge in [0.1, 0.15) is 11.3 Å². The van der Waals surface area contributed by atoms with Gasteiger partial charge in [-0.15, -0.1) is 0 Å². The highest BCUT2D eigenvalue weighted by Gasteiger charge is 2.17. The fourth-order valence-corrected chi connectivity index (χ4v) is 2.76. The summed E-state index contributed by atoms with van der Waals surface area (Å²) in [4.78, 5) is 4.71. The Bertz CT molecular complexity index is 869. The minimum absolute atomic E-state index is 0.0971. The maximum atomic E-state index is 5.98. The molecule has 0 aliphatic rings. The molecule has 0 amide bonds. The first-order valence-corrected chi connectivity index (χ1v) is 7.87. The summed E-state index contributed by atoms with van der Waals surface area (Å²) in [6.45, 7) is 10.7. The third-order valence-corrected chi connectivity index (χ3v) is 4.44. The van der Waals surface area contributed by atoms with Crippen LogP contribution in [0.25, 0.3) is 22.6 Å². The lowest BCUT2D eigenvalue weighted by Crippen LogP contribution is -2.10. The van der Waals surface area contributed by atoms with Crippen LogP contribution >= 0.6 is 0 Å². The van der Waals surface area contributed by atoms with Crippen LogP contribution < -0.4 is 4.74 Å². The number of rotatable bonds is 2. The average molecular weight is 309 g/mol. The van der Waals surface area contributed by atoms with Crippen molar-refractivity contribution in [2.24, 2.45) is 0 Å². The number of hydrogen-bond acceptors (Lipinski definition) is 3. The number of nitrogens with zero attached hydrogens (tertiary/aromatic N) is 1. The van der Waals surface area contributed by atoms with E-state index in [4.69, 9.17) is 14.1 Å². The summed E-state index contributed by atoms with van der Waals surface area (Å²) in [5, 5.41) is 0. The number of benzene rings is 2. The normalized spacial score (nSPS) is 11.9. The van der Waals surface area contributed by atoms with E-state index in [1.807, 2.05) is 18.2 Å². The lowest BCUT2D eigenvalue weighted by atomic mass is 9.87. The van der Waals surface area contributed by atoms with Crippen LogP contribution in [0.1, 0.15) is 37.5 Å². The zero-order valence-electron chi connectivity index (χ0n) is 14.7. The Balaban J connectivity index is 2.13. The van der Waals surface area contributed by atoms with Gasteiger partial charge in [0.25, 0.3) is 0 Å². The van der Waals surface area contributed by atoms with Crippen molar-refractivity contribution < 1.29 is 9.15 Å². The summed E-state index contributed by atoms with van der Waals surface area (Å²) in [6, 6.07) is 10.2. The van der Waals surface area contributed by atoms with Gasteiger partial charge in [0.05, 0.1) is 7.11 Å². The largest absolute Gasteiger partial charge is 0.496 e. The van der Waals surface area contributed by atoms with E-state index in [-0.39, 0.29) is 5.41 Å². The molecule has 2 aromatic carbocycles. The maximum Gasteiger partial charge on any atom is 0.227 e. The average Bonchev–Trinajstić information content (AvgIpc) is 2.91. The Labute approximate surface area is 137 Å². The molecule has 0 saturated carbocycles. The molecule has 0 N–H and O–H groups in total. The number of methoxy groups -OCH3 is 1. The standard InChI is InChI=1S/C20H23NO2/c1-12-13(2)17(22-6)10-8-15(12)19-21-16-11-14(20(3,4)5)7-9-18(16)23-19/h7-11H,1-6H3. The Morgan fingerprint density at radius 3 is 2.39 bits per heavy atom. The molecule has 3 aromatic rings. The molecule has 0 aliphatic heterocycles. The summed E-state index contributed by atoms with van der Waals surface area (Å²) < 4.78 is 11.4. The van der Waals surface area contributed by atoms with Crippen molar-refractivity contribution in [1.82, 2.24) is 4.98 Å². The van der Waals surface area contributed by atoms with Gasteiger partial charge in [-0.05, 0) is 60.2 Å². The molecule has 0 atom stereocenters. The van der Waals surface area contributed by atoms with Gasteiger partial charge in [0.2, 0.25) is 5.89 Å². The van der Waals surface area contributed by atoms with E-state index in [1.165, 1.54) is 5.56 Å². The van der Waals surface area contributed by atoms with Crippen LogP contribution in [-0.4, -0.2) is 12.1 Å². The van der Waals surface area contributed by atoms with Gasteiger partial charge >= 0.3 is 0 Å². The topological polar surface area (TPSA) is 35.3 Å². The number of ether oxygens (including phenoxy) is 1. The second-order valence-electron chi connectivity index (χ2n) is 7.02. The summed E-state index contributed by atoms with van der Waals surface area (Å²) >= 11 is 0. The third-order valence-electron chi connectivity index (χ3n) is 4.44. The first-order valence-electron chi connectivity index (χ1n) is 7.87. The molecule has 0 spiro atoms. The molecular weight excluding hydrogens is 286 g/mol. The van der Waals surface area contributed by atoms with Crippen LogP contribution in [-0.2, 0) is 5.41 Å². The second kappa shape index (κ2) is 5.41. The highest BCUT2D eigenvalue weighted by Crippen LogP contribution is 2.33. The summed E-state index contributed by atoms with van der Waals surface area (Å²) in [7, 11) is 1.69. The molecule has 0 saturated heterocycles. The predicted molar refractivity (Wildman–Crippen MR) is 94.2 cm³/mol. The third kappa shape index (κ3) is 2.72. The van der Waals surface area contributed by atoms with Gasteiger partial charge in [0, 0.05) is 5.56 Å². The molecule has 0 fully saturated rings. The molecule has 1 heterocycles. The van der Waals surface area contributed by atoms with Crippen LogP contribution in [0.5, 0.6) is 5.75 Å². The minimum Gasteiger partial charge on any atom is -0.496 e. The summed E-state index contributed by atoms with van der Waals surface area (Å²) in [5.74, 6) is 1.55. The van der Waals surface area contributed by atoms with Crippen molar-refractivity contribution in [3.63, 3.8) is 0 Å². The van der Waals surface area contributed by atoms with Crippen LogP contribution in [0, 0.1) is 13.8 Å². The van der Waals surface area contributed by atoms with Crippen LogP contribution in [0.15, 0.2) is 34.7 Å². The second-order valence-corrected chi connectivity index (χ2v) is 7.02. The molecule has 3 nitrogen and oxygen atoms in total. The number of fused-ring (bicyclic) bond motifs is 1. The maximum absolute atomic E-state index is 5.98.